The minimum atomic E-state index is -1.11. The van der Waals surface area contributed by atoms with Gasteiger partial charge in [0, 0.05) is 20.1 Å². The van der Waals surface area contributed by atoms with Crippen molar-refractivity contribution < 1.29 is 5.11 Å². The van der Waals surface area contributed by atoms with Crippen molar-refractivity contribution in [3.63, 3.8) is 0 Å². The van der Waals surface area contributed by atoms with E-state index < -0.39 is 17.5 Å². The molecule has 0 aliphatic heterocycles. The van der Waals surface area contributed by atoms with Crippen LogP contribution in [0.2, 0.25) is 0 Å². The lowest BCUT2D eigenvalue weighted by Crippen LogP contribution is -2.42. The maximum atomic E-state index is 12.8. The number of aliphatic hydroxyl groups is 1. The van der Waals surface area contributed by atoms with E-state index in [4.69, 9.17) is 0 Å². The predicted octanol–water partition coefficient (Wildman–Crippen LogP) is 5.55. The Bertz CT molecular complexity index is 1010. The highest BCUT2D eigenvalue weighted by atomic mass is 16.3. The Hall–Kier alpha value is -1.93. The third-order valence-electron chi connectivity index (χ3n) is 7.57. The summed E-state index contributed by atoms with van der Waals surface area (Å²) >= 11 is 0. The molecule has 2 N–H and O–H groups in total. The summed E-state index contributed by atoms with van der Waals surface area (Å²) in [6, 6.07) is 0.620. The molecule has 212 valence electrons. The molecule has 2 aromatic heterocycles. The summed E-state index contributed by atoms with van der Waals surface area (Å²) in [6.45, 7) is 5.69. The first-order valence-corrected chi connectivity index (χ1v) is 14.9. The van der Waals surface area contributed by atoms with E-state index in [-0.39, 0.29) is 0 Å². The number of imidazole rings is 1. The van der Waals surface area contributed by atoms with Crippen molar-refractivity contribution in [1.82, 2.24) is 24.0 Å². The molecule has 0 radical (unpaired) electrons. The lowest BCUT2D eigenvalue weighted by atomic mass is 10.0. The van der Waals surface area contributed by atoms with Gasteiger partial charge in [-0.1, -0.05) is 90.4 Å². The topological polar surface area (TPSA) is 94.1 Å². The molecule has 0 saturated carbocycles. The Morgan fingerprint density at radius 3 is 2.00 bits per heavy atom. The number of rotatable bonds is 21. The normalized spacial score (nSPS) is 13.4. The van der Waals surface area contributed by atoms with E-state index in [9.17, 15) is 14.7 Å². The number of aliphatic hydroxyl groups excluding tert-OH is 1. The van der Waals surface area contributed by atoms with Gasteiger partial charge >= 0.3 is 5.69 Å². The van der Waals surface area contributed by atoms with Gasteiger partial charge in [0.05, 0.1) is 6.33 Å². The first-order chi connectivity index (χ1) is 17.9. The van der Waals surface area contributed by atoms with Gasteiger partial charge in [-0.2, -0.15) is 0 Å². The second-order valence-electron chi connectivity index (χ2n) is 10.9. The van der Waals surface area contributed by atoms with Gasteiger partial charge in [0.1, 0.15) is 6.23 Å². The molecule has 0 aromatic carbocycles. The number of hydrogen-bond donors (Lipinski definition) is 2. The number of fused-ring (bicyclic) bond motifs is 1. The first-order valence-electron chi connectivity index (χ1n) is 14.9. The monoisotopic (exact) mass is 519 g/mol. The van der Waals surface area contributed by atoms with Crippen LogP contribution in [0.3, 0.4) is 0 Å². The fourth-order valence-corrected chi connectivity index (χ4v) is 5.13. The second-order valence-corrected chi connectivity index (χ2v) is 10.9. The van der Waals surface area contributed by atoms with Crippen molar-refractivity contribution in [3.8, 4) is 0 Å². The molecule has 2 rings (SSSR count). The highest BCUT2D eigenvalue weighted by Crippen LogP contribution is 2.14. The van der Waals surface area contributed by atoms with Crippen LogP contribution in [0.15, 0.2) is 15.9 Å². The third kappa shape index (κ3) is 10.4. The fraction of sp³-hybridized carbons (Fsp3) is 0.828. The first kappa shape index (κ1) is 31.3. The molecular formula is C29H53N5O3. The van der Waals surface area contributed by atoms with E-state index in [0.717, 1.165) is 30.4 Å². The van der Waals surface area contributed by atoms with Crippen molar-refractivity contribution >= 4 is 11.2 Å². The molecule has 0 spiro atoms. The SMILES string of the molecule is CCCCCCCCCCC(C)NCCCCCCCCCC(O)n1c(=O)c2c(ncn2C)n(C)c1=O. The summed E-state index contributed by atoms with van der Waals surface area (Å²) in [5.74, 6) is 0. The maximum absolute atomic E-state index is 12.8. The Morgan fingerprint density at radius 1 is 0.838 bits per heavy atom. The Labute approximate surface area is 223 Å². The molecule has 0 aliphatic carbocycles. The van der Waals surface area contributed by atoms with Crippen LogP contribution < -0.4 is 16.6 Å². The molecule has 0 saturated heterocycles. The van der Waals surface area contributed by atoms with Gasteiger partial charge in [-0.15, -0.1) is 0 Å². The van der Waals surface area contributed by atoms with E-state index in [1.807, 2.05) is 0 Å². The summed E-state index contributed by atoms with van der Waals surface area (Å²) in [5, 5.41) is 14.3. The van der Waals surface area contributed by atoms with Crippen LogP contribution >= 0.6 is 0 Å². The van der Waals surface area contributed by atoms with Crippen molar-refractivity contribution in [2.75, 3.05) is 6.54 Å². The van der Waals surface area contributed by atoms with Crippen LogP contribution in [0.4, 0.5) is 0 Å². The van der Waals surface area contributed by atoms with Crippen LogP contribution in [0.5, 0.6) is 0 Å². The van der Waals surface area contributed by atoms with Gasteiger partial charge in [-0.25, -0.2) is 14.3 Å². The summed E-state index contributed by atoms with van der Waals surface area (Å²) in [7, 11) is 3.29. The average molecular weight is 520 g/mol. The molecule has 8 heteroatoms. The standard InChI is InChI=1S/C29H53N5O3/c1-5-6-7-8-9-11-14-17-20-24(2)30-22-19-16-13-10-12-15-18-21-25(35)34-28(36)26-27(31-23-32(26)3)33(4)29(34)37/h23-25,30,35H,5-22H2,1-4H3. The number of hydrogen-bond acceptors (Lipinski definition) is 5. The van der Waals surface area contributed by atoms with Crippen LogP contribution in [0, 0.1) is 0 Å². The van der Waals surface area contributed by atoms with Gasteiger partial charge in [0.25, 0.3) is 5.56 Å². The second kappa shape index (κ2) is 17.6. The Morgan fingerprint density at radius 2 is 1.38 bits per heavy atom. The minimum absolute atomic E-state index is 0.332. The number of aryl methyl sites for hydroxylation is 2. The number of unbranched alkanes of at least 4 members (excludes halogenated alkanes) is 13. The predicted molar refractivity (Wildman–Crippen MR) is 153 cm³/mol. The van der Waals surface area contributed by atoms with E-state index in [1.165, 1.54) is 94.4 Å². The van der Waals surface area contributed by atoms with Crippen molar-refractivity contribution in [2.45, 2.75) is 135 Å². The average Bonchev–Trinajstić information content (AvgIpc) is 3.27. The largest absolute Gasteiger partial charge is 0.373 e. The van der Waals surface area contributed by atoms with Gasteiger partial charge in [0.15, 0.2) is 11.2 Å². The number of nitrogens with one attached hydrogen (secondary N) is 1. The van der Waals surface area contributed by atoms with Gasteiger partial charge < -0.3 is 15.0 Å². The van der Waals surface area contributed by atoms with Crippen LogP contribution in [0.1, 0.15) is 129 Å². The van der Waals surface area contributed by atoms with Crippen molar-refractivity contribution in [3.05, 3.63) is 27.2 Å². The van der Waals surface area contributed by atoms with Gasteiger partial charge in [-0.05, 0) is 39.2 Å². The quantitative estimate of drug-likeness (QED) is 0.211. The lowest BCUT2D eigenvalue weighted by Gasteiger charge is -2.15. The van der Waals surface area contributed by atoms with E-state index in [1.54, 1.807) is 18.7 Å². The van der Waals surface area contributed by atoms with E-state index >= 15 is 0 Å². The lowest BCUT2D eigenvalue weighted by molar-refractivity contribution is 0.0823. The summed E-state index contributed by atoms with van der Waals surface area (Å²) in [6.07, 6.45) is 20.9. The van der Waals surface area contributed by atoms with Crippen molar-refractivity contribution in [2.24, 2.45) is 14.1 Å². The van der Waals surface area contributed by atoms with E-state index in [0.29, 0.717) is 23.6 Å². The van der Waals surface area contributed by atoms with Gasteiger partial charge in [-0.3, -0.25) is 9.36 Å². The zero-order chi connectivity index (χ0) is 27.0. The number of aromatic nitrogens is 4. The zero-order valence-corrected chi connectivity index (χ0v) is 24.0. The molecule has 2 unspecified atom stereocenters. The van der Waals surface area contributed by atoms with Gasteiger partial charge in [0.2, 0.25) is 0 Å². The minimum Gasteiger partial charge on any atom is -0.373 e. The molecule has 37 heavy (non-hydrogen) atoms. The van der Waals surface area contributed by atoms with Crippen LogP contribution in [-0.2, 0) is 14.1 Å². The summed E-state index contributed by atoms with van der Waals surface area (Å²) in [4.78, 5) is 29.5. The molecule has 0 fully saturated rings. The smallest absolute Gasteiger partial charge is 0.334 e. The zero-order valence-electron chi connectivity index (χ0n) is 24.0. The third-order valence-corrected chi connectivity index (χ3v) is 7.57. The molecule has 0 bridgehead atoms. The molecule has 0 amide bonds. The molecular weight excluding hydrogens is 466 g/mol. The number of nitrogens with zero attached hydrogens (tertiary/aromatic N) is 4. The highest BCUT2D eigenvalue weighted by molar-refractivity contribution is 5.69. The van der Waals surface area contributed by atoms with E-state index in [2.05, 4.69) is 24.1 Å². The Balaban J connectivity index is 1.49. The van der Waals surface area contributed by atoms with Crippen LogP contribution in [0.25, 0.3) is 11.2 Å². The fourth-order valence-electron chi connectivity index (χ4n) is 5.13. The van der Waals surface area contributed by atoms with Crippen LogP contribution in [-0.4, -0.2) is 36.4 Å². The summed E-state index contributed by atoms with van der Waals surface area (Å²) in [5.41, 5.74) is -0.330. The van der Waals surface area contributed by atoms with Crippen molar-refractivity contribution in [1.29, 1.82) is 0 Å². The molecule has 2 atom stereocenters. The molecule has 2 heterocycles. The Kier molecular flexibility index (Phi) is 14.8. The summed E-state index contributed by atoms with van der Waals surface area (Å²) < 4.78 is 3.88. The molecule has 0 aliphatic rings. The molecule has 8 nitrogen and oxygen atoms in total. The molecule has 2 aromatic rings. The maximum Gasteiger partial charge on any atom is 0.334 e. The highest BCUT2D eigenvalue weighted by Gasteiger charge is 2.19.